The number of rotatable bonds is 11. The van der Waals surface area contributed by atoms with E-state index in [1.165, 1.54) is 18.1 Å². The molecule has 4 atom stereocenters. The van der Waals surface area contributed by atoms with Gasteiger partial charge in [-0.25, -0.2) is 0 Å². The lowest BCUT2D eigenvalue weighted by Crippen LogP contribution is -2.57. The number of ketones is 1. The molecule has 0 fully saturated rings. The van der Waals surface area contributed by atoms with Crippen LogP contribution in [0.15, 0.2) is 23.8 Å². The average molecular weight is 505 g/mol. The molecule has 0 spiro atoms. The lowest BCUT2D eigenvalue weighted by atomic mass is 9.77. The van der Waals surface area contributed by atoms with Gasteiger partial charge in [0.05, 0.1) is 32.3 Å². The van der Waals surface area contributed by atoms with E-state index in [0.717, 1.165) is 0 Å². The number of benzene rings is 1. The van der Waals surface area contributed by atoms with E-state index >= 15 is 0 Å². The highest BCUT2D eigenvalue weighted by molar-refractivity contribution is 6.36. The quantitative estimate of drug-likeness (QED) is 0.322. The number of Topliss-reactive ketones (excluding diaryl/α,β-unsaturated/α-hetero) is 1. The van der Waals surface area contributed by atoms with Gasteiger partial charge in [0.15, 0.2) is 11.5 Å². The molecule has 198 valence electrons. The Morgan fingerprint density at radius 3 is 2.53 bits per heavy atom. The van der Waals surface area contributed by atoms with Crippen molar-refractivity contribution >= 4 is 17.6 Å². The van der Waals surface area contributed by atoms with Gasteiger partial charge in [-0.3, -0.25) is 14.4 Å². The van der Waals surface area contributed by atoms with Crippen LogP contribution in [0.5, 0.6) is 11.5 Å². The number of aliphatic hydroxyl groups excluding tert-OH is 3. The van der Waals surface area contributed by atoms with Gasteiger partial charge in [0.25, 0.3) is 5.91 Å². The van der Waals surface area contributed by atoms with E-state index in [0.29, 0.717) is 29.0 Å². The fraction of sp³-hybridized carbons (Fsp3) is 0.577. The third kappa shape index (κ3) is 5.40. The number of hydrogen-bond acceptors (Lipinski definition) is 8. The van der Waals surface area contributed by atoms with Crippen molar-refractivity contribution in [3.63, 3.8) is 0 Å². The standard InChI is InChI=1S/C26H36N2O8/c1-5-19(31)26(34)28(8-6-14(2)3)18-12-17(25(33)27-7-9-29)21-16-10-15(13-30)11-20(35-4)23(16)36-24(21)22(18)32/h10-12,14,18,21-22,24,29-30,32H,5-9,13H2,1-4H3,(H,27,33)/t18-,21+,22+,24+/m1/s1. The van der Waals surface area contributed by atoms with Crippen LogP contribution in [-0.2, 0) is 21.0 Å². The molecule has 0 saturated carbocycles. The molecular weight excluding hydrogens is 468 g/mol. The van der Waals surface area contributed by atoms with Crippen molar-refractivity contribution in [2.45, 2.75) is 64.4 Å². The molecule has 1 aliphatic heterocycles. The number of nitrogens with zero attached hydrogens (tertiary/aromatic N) is 1. The van der Waals surface area contributed by atoms with Crippen LogP contribution in [-0.4, -0.2) is 82.9 Å². The maximum absolute atomic E-state index is 13.2. The van der Waals surface area contributed by atoms with Crippen LogP contribution < -0.4 is 14.8 Å². The molecule has 0 saturated heterocycles. The van der Waals surface area contributed by atoms with E-state index in [2.05, 4.69) is 5.32 Å². The van der Waals surface area contributed by atoms with Crippen molar-refractivity contribution in [2.24, 2.45) is 5.92 Å². The Balaban J connectivity index is 2.13. The summed E-state index contributed by atoms with van der Waals surface area (Å²) in [4.78, 5) is 40.0. The normalized spacial score (nSPS) is 22.3. The third-order valence-corrected chi connectivity index (χ3v) is 6.62. The third-order valence-electron chi connectivity index (χ3n) is 6.62. The maximum atomic E-state index is 13.2. The van der Waals surface area contributed by atoms with Gasteiger partial charge in [-0.15, -0.1) is 0 Å². The summed E-state index contributed by atoms with van der Waals surface area (Å²) in [6, 6.07) is 2.33. The molecule has 3 rings (SSSR count). The monoisotopic (exact) mass is 504 g/mol. The predicted molar refractivity (Wildman–Crippen MR) is 131 cm³/mol. The van der Waals surface area contributed by atoms with Crippen LogP contribution >= 0.6 is 0 Å². The molecule has 2 aliphatic rings. The van der Waals surface area contributed by atoms with Gasteiger partial charge in [0.2, 0.25) is 11.7 Å². The van der Waals surface area contributed by atoms with Crippen LogP contribution in [0.1, 0.15) is 50.7 Å². The molecule has 1 aromatic rings. The summed E-state index contributed by atoms with van der Waals surface area (Å²) in [7, 11) is 1.45. The van der Waals surface area contributed by atoms with Crippen molar-refractivity contribution in [1.29, 1.82) is 0 Å². The van der Waals surface area contributed by atoms with Crippen LogP contribution in [0, 0.1) is 5.92 Å². The first-order valence-corrected chi connectivity index (χ1v) is 12.3. The number of fused-ring (bicyclic) bond motifs is 3. The summed E-state index contributed by atoms with van der Waals surface area (Å²) in [6.07, 6.45) is -0.0633. The zero-order valence-electron chi connectivity index (χ0n) is 21.2. The van der Waals surface area contributed by atoms with E-state index < -0.39 is 41.8 Å². The van der Waals surface area contributed by atoms with Gasteiger partial charge in [-0.1, -0.05) is 20.8 Å². The van der Waals surface area contributed by atoms with Gasteiger partial charge >= 0.3 is 0 Å². The number of methoxy groups -OCH3 is 1. The molecule has 36 heavy (non-hydrogen) atoms. The van der Waals surface area contributed by atoms with Gasteiger partial charge < -0.3 is 35.0 Å². The molecule has 1 heterocycles. The van der Waals surface area contributed by atoms with E-state index in [1.807, 2.05) is 13.8 Å². The lowest BCUT2D eigenvalue weighted by molar-refractivity contribution is -0.148. The van der Waals surface area contributed by atoms with E-state index in [9.17, 15) is 29.7 Å². The summed E-state index contributed by atoms with van der Waals surface area (Å²) in [5.74, 6) is -1.59. The smallest absolute Gasteiger partial charge is 0.290 e. The molecular formula is C26H36N2O8. The van der Waals surface area contributed by atoms with Gasteiger partial charge in [-0.2, -0.15) is 0 Å². The minimum absolute atomic E-state index is 0.0127. The highest BCUT2D eigenvalue weighted by Gasteiger charge is 2.51. The van der Waals surface area contributed by atoms with Gasteiger partial charge in [-0.05, 0) is 36.1 Å². The molecule has 0 unspecified atom stereocenters. The summed E-state index contributed by atoms with van der Waals surface area (Å²) < 4.78 is 11.6. The highest BCUT2D eigenvalue weighted by Crippen LogP contribution is 2.51. The van der Waals surface area contributed by atoms with E-state index in [4.69, 9.17) is 9.47 Å². The van der Waals surface area contributed by atoms with Crippen molar-refractivity contribution in [1.82, 2.24) is 10.2 Å². The molecule has 2 amide bonds. The molecule has 0 radical (unpaired) electrons. The van der Waals surface area contributed by atoms with Crippen molar-refractivity contribution < 1.29 is 39.2 Å². The van der Waals surface area contributed by atoms with Crippen LogP contribution in [0.2, 0.25) is 0 Å². The second-order valence-electron chi connectivity index (χ2n) is 9.48. The molecule has 1 aliphatic carbocycles. The topological polar surface area (TPSA) is 146 Å². The zero-order valence-corrected chi connectivity index (χ0v) is 21.2. The second kappa shape index (κ2) is 11.9. The summed E-state index contributed by atoms with van der Waals surface area (Å²) in [5.41, 5.74) is 1.35. The second-order valence-corrected chi connectivity index (χ2v) is 9.48. The minimum atomic E-state index is -1.25. The first-order valence-electron chi connectivity index (χ1n) is 12.3. The van der Waals surface area contributed by atoms with Crippen LogP contribution in [0.4, 0.5) is 0 Å². The molecule has 4 N–H and O–H groups in total. The maximum Gasteiger partial charge on any atom is 0.290 e. The largest absolute Gasteiger partial charge is 0.493 e. The SMILES string of the molecule is CCC(=O)C(=O)N(CCC(C)C)[C@@H]1C=C(C(=O)NCCO)[C@@H]2c3cc(CO)cc(OC)c3O[C@@H]2[C@H]1O. The number of carbonyl (C=O) groups is 3. The highest BCUT2D eigenvalue weighted by atomic mass is 16.5. The Kier molecular flexibility index (Phi) is 9.10. The molecule has 10 nitrogen and oxygen atoms in total. The molecule has 10 heteroatoms. The van der Waals surface area contributed by atoms with Crippen molar-refractivity contribution in [3.05, 3.63) is 34.9 Å². The predicted octanol–water partition coefficient (Wildman–Crippen LogP) is 0.664. The van der Waals surface area contributed by atoms with Gasteiger partial charge in [0, 0.05) is 30.6 Å². The van der Waals surface area contributed by atoms with Crippen LogP contribution in [0.25, 0.3) is 0 Å². The summed E-state index contributed by atoms with van der Waals surface area (Å²) in [5, 5.41) is 33.1. The Labute approximate surface area is 210 Å². The summed E-state index contributed by atoms with van der Waals surface area (Å²) >= 11 is 0. The number of amides is 2. The molecule has 0 bridgehead atoms. The van der Waals surface area contributed by atoms with E-state index in [1.54, 1.807) is 19.1 Å². The number of carbonyl (C=O) groups excluding carboxylic acids is 3. The zero-order chi connectivity index (χ0) is 26.6. The number of hydrogen-bond donors (Lipinski definition) is 4. The first kappa shape index (κ1) is 27.6. The fourth-order valence-corrected chi connectivity index (χ4v) is 4.71. The molecule has 0 aromatic heterocycles. The number of aliphatic hydroxyl groups is 3. The van der Waals surface area contributed by atoms with Gasteiger partial charge in [0.1, 0.15) is 12.2 Å². The number of nitrogens with one attached hydrogen (secondary N) is 1. The lowest BCUT2D eigenvalue weighted by Gasteiger charge is -2.40. The average Bonchev–Trinajstić information content (AvgIpc) is 3.26. The van der Waals surface area contributed by atoms with Crippen molar-refractivity contribution in [3.8, 4) is 11.5 Å². The van der Waals surface area contributed by atoms with Crippen LogP contribution in [0.3, 0.4) is 0 Å². The Morgan fingerprint density at radius 1 is 1.22 bits per heavy atom. The Bertz CT molecular complexity index is 1020. The summed E-state index contributed by atoms with van der Waals surface area (Å²) in [6.45, 7) is 5.27. The fourth-order valence-electron chi connectivity index (χ4n) is 4.71. The number of ether oxygens (including phenoxy) is 2. The molecule has 1 aromatic carbocycles. The first-order chi connectivity index (χ1) is 17.2. The minimum Gasteiger partial charge on any atom is -0.493 e. The Hall–Kier alpha value is -2.95. The Morgan fingerprint density at radius 2 is 1.94 bits per heavy atom. The van der Waals surface area contributed by atoms with Crippen molar-refractivity contribution in [2.75, 3.05) is 26.8 Å². The van der Waals surface area contributed by atoms with E-state index in [-0.39, 0.29) is 44.2 Å².